The Balaban J connectivity index is 1.54. The lowest BCUT2D eigenvalue weighted by molar-refractivity contribution is 0.00629. The van der Waals surface area contributed by atoms with Gasteiger partial charge in [0.25, 0.3) is 0 Å². The number of pyridine rings is 1. The maximum atomic E-state index is 13.6. The molecule has 0 bridgehead atoms. The molecular formula is C44H48N4O2. The lowest BCUT2D eigenvalue weighted by atomic mass is 9.70. The van der Waals surface area contributed by atoms with Gasteiger partial charge < -0.3 is 19.6 Å². The summed E-state index contributed by atoms with van der Waals surface area (Å²) in [6, 6.07) is 33.2. The predicted molar refractivity (Wildman–Crippen MR) is 207 cm³/mol. The van der Waals surface area contributed by atoms with Gasteiger partial charge in [0.05, 0.1) is 11.8 Å². The van der Waals surface area contributed by atoms with E-state index in [0.717, 1.165) is 82.5 Å². The molecule has 0 aliphatic carbocycles. The molecule has 6 nitrogen and oxygen atoms in total. The third-order valence-electron chi connectivity index (χ3n) is 9.95. The van der Waals surface area contributed by atoms with Crippen molar-refractivity contribution in [1.82, 2.24) is 19.7 Å². The van der Waals surface area contributed by atoms with Crippen LogP contribution < -0.4 is 4.74 Å². The van der Waals surface area contributed by atoms with Crippen LogP contribution in [0.4, 0.5) is 0 Å². The topological polar surface area (TPSA) is 52.1 Å². The summed E-state index contributed by atoms with van der Waals surface area (Å²) in [7, 11) is 0. The van der Waals surface area contributed by atoms with Gasteiger partial charge in [-0.1, -0.05) is 105 Å². The van der Waals surface area contributed by atoms with Gasteiger partial charge in [0.1, 0.15) is 5.60 Å². The average Bonchev–Trinajstić information content (AvgIpc) is 3.12. The Morgan fingerprint density at radius 1 is 0.880 bits per heavy atom. The van der Waals surface area contributed by atoms with E-state index >= 15 is 0 Å². The van der Waals surface area contributed by atoms with Crippen molar-refractivity contribution in [3.8, 4) is 5.88 Å². The molecule has 1 saturated heterocycles. The number of aromatic nitrogens is 1. The van der Waals surface area contributed by atoms with Gasteiger partial charge in [-0.2, -0.15) is 0 Å². The van der Waals surface area contributed by atoms with Gasteiger partial charge in [0.2, 0.25) is 5.88 Å². The van der Waals surface area contributed by atoms with Crippen LogP contribution in [-0.4, -0.2) is 57.5 Å². The fraction of sp³-hybridized carbons (Fsp3) is 0.250. The van der Waals surface area contributed by atoms with Crippen molar-refractivity contribution in [2.45, 2.75) is 38.3 Å². The average molecular weight is 665 g/mol. The van der Waals surface area contributed by atoms with Crippen LogP contribution in [0.2, 0.25) is 0 Å². The van der Waals surface area contributed by atoms with E-state index in [4.69, 9.17) is 9.72 Å². The van der Waals surface area contributed by atoms with Gasteiger partial charge in [-0.15, -0.1) is 0 Å². The van der Waals surface area contributed by atoms with Gasteiger partial charge >= 0.3 is 0 Å². The van der Waals surface area contributed by atoms with Crippen LogP contribution in [0, 0.1) is 0 Å². The van der Waals surface area contributed by atoms with E-state index in [1.807, 2.05) is 56.4 Å². The molecule has 4 aromatic carbocycles. The standard InChI is InChI=1S/C44H48N4O2/c1-7-46-25-27-47(28-26-46)31-34-21-22-41-37(29-34)30-39(43(45-41)50-8-2)42(36-16-10-9-11-17-36)44(49,23-24-48(32(3)4)33(5)6)40-20-14-18-35-15-12-13-19-38(35)40/h7-22,29-30,42,49H,1-3,5,23-28,31H2,4,6H3. The molecule has 0 radical (unpaired) electrons. The largest absolute Gasteiger partial charge is 0.447 e. The lowest BCUT2D eigenvalue weighted by Crippen LogP contribution is -2.43. The Bertz CT molecular complexity index is 1990. The fourth-order valence-electron chi connectivity index (χ4n) is 7.45. The van der Waals surface area contributed by atoms with Crippen LogP contribution in [0.25, 0.3) is 21.7 Å². The highest BCUT2D eigenvalue weighted by atomic mass is 16.5. The number of rotatable bonds is 14. The van der Waals surface area contributed by atoms with Crippen LogP contribution in [0.5, 0.6) is 5.88 Å². The van der Waals surface area contributed by atoms with E-state index < -0.39 is 11.5 Å². The van der Waals surface area contributed by atoms with E-state index in [9.17, 15) is 5.11 Å². The first-order valence-electron chi connectivity index (χ1n) is 17.4. The summed E-state index contributed by atoms with van der Waals surface area (Å²) < 4.78 is 6.12. The van der Waals surface area contributed by atoms with Crippen molar-refractivity contribution >= 4 is 21.7 Å². The lowest BCUT2D eigenvalue weighted by Gasteiger charge is -2.40. The minimum atomic E-state index is -1.41. The number of aliphatic hydroxyl groups is 1. The number of benzene rings is 4. The minimum Gasteiger partial charge on any atom is -0.447 e. The molecule has 5 aromatic rings. The Morgan fingerprint density at radius 3 is 2.28 bits per heavy atom. The smallest absolute Gasteiger partial charge is 0.222 e. The molecule has 1 aliphatic heterocycles. The van der Waals surface area contributed by atoms with Crippen LogP contribution >= 0.6 is 0 Å². The predicted octanol–water partition coefficient (Wildman–Crippen LogP) is 8.95. The zero-order valence-electron chi connectivity index (χ0n) is 29.4. The number of piperazine rings is 1. The number of allylic oxidation sites excluding steroid dienone is 2. The quantitative estimate of drug-likeness (QED) is 0.120. The maximum Gasteiger partial charge on any atom is 0.222 e. The van der Waals surface area contributed by atoms with E-state index in [1.165, 1.54) is 11.8 Å². The van der Waals surface area contributed by atoms with Gasteiger partial charge in [0.15, 0.2) is 0 Å². The zero-order chi connectivity index (χ0) is 35.3. The highest BCUT2D eigenvalue weighted by Gasteiger charge is 2.43. The Labute approximate surface area is 296 Å². The van der Waals surface area contributed by atoms with E-state index in [-0.39, 0.29) is 0 Å². The molecule has 1 fully saturated rings. The summed E-state index contributed by atoms with van der Waals surface area (Å²) in [6.07, 6.45) is 3.72. The SMILES string of the molecule is C=COc1nc2ccc(CN3CCN(C=C)CC3)cc2cc1C(c1ccccc1)C(O)(CCN(C(=C)C)C(=C)C)c1cccc2ccccc12. The van der Waals surface area contributed by atoms with Crippen molar-refractivity contribution in [3.05, 3.63) is 169 Å². The third-order valence-corrected chi connectivity index (χ3v) is 9.95. The second kappa shape index (κ2) is 15.2. The van der Waals surface area contributed by atoms with Crippen molar-refractivity contribution in [2.24, 2.45) is 0 Å². The molecule has 0 spiro atoms. The number of hydrogen-bond donors (Lipinski definition) is 1. The van der Waals surface area contributed by atoms with Crippen LogP contribution in [-0.2, 0) is 12.1 Å². The van der Waals surface area contributed by atoms with Crippen LogP contribution in [0.3, 0.4) is 0 Å². The third kappa shape index (κ3) is 7.23. The van der Waals surface area contributed by atoms with E-state index in [0.29, 0.717) is 18.8 Å². The van der Waals surface area contributed by atoms with Crippen LogP contribution in [0.1, 0.15) is 48.4 Å². The summed E-state index contributed by atoms with van der Waals surface area (Å²) >= 11 is 0. The minimum absolute atomic E-state index is 0.378. The number of hydrogen-bond acceptors (Lipinski definition) is 6. The Morgan fingerprint density at radius 2 is 1.58 bits per heavy atom. The van der Waals surface area contributed by atoms with Gasteiger partial charge in [0, 0.05) is 67.5 Å². The highest BCUT2D eigenvalue weighted by molar-refractivity contribution is 5.87. The molecule has 6 rings (SSSR count). The monoisotopic (exact) mass is 664 g/mol. The summed E-state index contributed by atoms with van der Waals surface area (Å²) in [5, 5.41) is 16.7. The van der Waals surface area contributed by atoms with E-state index in [2.05, 4.69) is 102 Å². The molecule has 0 amide bonds. The molecular weight excluding hydrogens is 617 g/mol. The number of fused-ring (bicyclic) bond motifs is 2. The molecule has 6 heteroatoms. The van der Waals surface area contributed by atoms with Gasteiger partial charge in [-0.3, -0.25) is 4.90 Å². The molecule has 50 heavy (non-hydrogen) atoms. The number of ether oxygens (including phenoxy) is 1. The van der Waals surface area contributed by atoms with Crippen molar-refractivity contribution in [3.63, 3.8) is 0 Å². The molecule has 1 aromatic heterocycles. The fourth-order valence-corrected chi connectivity index (χ4v) is 7.45. The molecule has 1 aliphatic rings. The second-order valence-electron chi connectivity index (χ2n) is 13.4. The summed E-state index contributed by atoms with van der Waals surface area (Å²) in [5.74, 6) is -0.140. The van der Waals surface area contributed by atoms with Crippen LogP contribution in [0.15, 0.2) is 147 Å². The molecule has 2 unspecified atom stereocenters. The summed E-state index contributed by atoms with van der Waals surface area (Å²) in [5.41, 5.74) is 4.94. The first-order valence-corrected chi connectivity index (χ1v) is 17.4. The highest BCUT2D eigenvalue weighted by Crippen LogP contribution is 2.49. The Kier molecular flexibility index (Phi) is 10.5. The van der Waals surface area contributed by atoms with Crippen molar-refractivity contribution < 1.29 is 9.84 Å². The zero-order valence-corrected chi connectivity index (χ0v) is 29.4. The molecule has 2 atom stereocenters. The van der Waals surface area contributed by atoms with E-state index in [1.54, 1.807) is 0 Å². The summed E-state index contributed by atoms with van der Waals surface area (Å²) in [4.78, 5) is 11.9. The number of nitrogens with zero attached hydrogens (tertiary/aromatic N) is 4. The van der Waals surface area contributed by atoms with Crippen molar-refractivity contribution in [2.75, 3.05) is 32.7 Å². The first-order chi connectivity index (χ1) is 24.2. The normalized spacial score (nSPS) is 15.3. The van der Waals surface area contributed by atoms with Gasteiger partial charge in [-0.25, -0.2) is 4.98 Å². The maximum absolute atomic E-state index is 13.6. The first kappa shape index (κ1) is 34.7. The molecule has 2 heterocycles. The summed E-state index contributed by atoms with van der Waals surface area (Å²) in [6.45, 7) is 25.5. The molecule has 1 N–H and O–H groups in total. The van der Waals surface area contributed by atoms with Crippen molar-refractivity contribution in [1.29, 1.82) is 0 Å². The molecule has 256 valence electrons. The Hall–Kier alpha value is -5.17. The second-order valence-corrected chi connectivity index (χ2v) is 13.4. The molecule has 0 saturated carbocycles. The van der Waals surface area contributed by atoms with Gasteiger partial charge in [-0.05, 0) is 72.1 Å².